The van der Waals surface area contributed by atoms with Gasteiger partial charge in [0.1, 0.15) is 5.37 Å². The third kappa shape index (κ3) is 4.83. The fourth-order valence-corrected chi connectivity index (χ4v) is 6.03. The molecule has 0 bridgehead atoms. The van der Waals surface area contributed by atoms with Crippen LogP contribution in [0.2, 0.25) is 0 Å². The highest BCUT2D eigenvalue weighted by atomic mass is 32.2. The molecule has 0 radical (unpaired) electrons. The van der Waals surface area contributed by atoms with Gasteiger partial charge < -0.3 is 10.2 Å². The van der Waals surface area contributed by atoms with E-state index >= 15 is 0 Å². The van der Waals surface area contributed by atoms with Gasteiger partial charge in [0.25, 0.3) is 5.91 Å². The number of carbonyl (C=O) groups is 2. The van der Waals surface area contributed by atoms with Gasteiger partial charge >= 0.3 is 0 Å². The third-order valence-electron chi connectivity index (χ3n) is 6.59. The van der Waals surface area contributed by atoms with Gasteiger partial charge in [-0.15, -0.1) is 11.8 Å². The van der Waals surface area contributed by atoms with Crippen molar-refractivity contribution in [2.45, 2.75) is 37.1 Å². The molecule has 2 aliphatic rings. The van der Waals surface area contributed by atoms with Crippen LogP contribution in [0.25, 0.3) is 0 Å². The lowest BCUT2D eigenvalue weighted by molar-refractivity contribution is -0.128. The number of hydrogen-bond acceptors (Lipinski definition) is 3. The van der Waals surface area contributed by atoms with Crippen molar-refractivity contribution in [3.05, 3.63) is 107 Å². The van der Waals surface area contributed by atoms with E-state index in [0.29, 0.717) is 17.9 Å². The van der Waals surface area contributed by atoms with Gasteiger partial charge in [0.05, 0.1) is 11.8 Å². The number of nitrogens with zero attached hydrogens (tertiary/aromatic N) is 1. The molecule has 33 heavy (non-hydrogen) atoms. The van der Waals surface area contributed by atoms with Gasteiger partial charge in [-0.3, -0.25) is 9.59 Å². The minimum absolute atomic E-state index is 0.00328. The lowest BCUT2D eigenvalue weighted by Crippen LogP contribution is -2.31. The molecule has 3 aromatic carbocycles. The predicted octanol–water partition coefficient (Wildman–Crippen LogP) is 5.31. The Kier molecular flexibility index (Phi) is 6.49. The quantitative estimate of drug-likeness (QED) is 0.547. The number of rotatable bonds is 6. The molecule has 4 nitrogen and oxygen atoms in total. The van der Waals surface area contributed by atoms with Crippen LogP contribution in [-0.4, -0.2) is 29.0 Å². The van der Waals surface area contributed by atoms with Crippen LogP contribution in [0.1, 0.15) is 56.9 Å². The second-order valence-corrected chi connectivity index (χ2v) is 9.79. The fourth-order valence-electron chi connectivity index (χ4n) is 4.81. The van der Waals surface area contributed by atoms with Crippen LogP contribution in [0.15, 0.2) is 78.9 Å². The first-order chi connectivity index (χ1) is 16.2. The maximum atomic E-state index is 13.0. The molecule has 0 spiro atoms. The van der Waals surface area contributed by atoms with E-state index in [1.807, 2.05) is 53.4 Å². The molecule has 5 heteroatoms. The van der Waals surface area contributed by atoms with Crippen LogP contribution in [0.5, 0.6) is 0 Å². The summed E-state index contributed by atoms with van der Waals surface area (Å²) in [6, 6.07) is 26.5. The van der Waals surface area contributed by atoms with Gasteiger partial charge in [0.15, 0.2) is 0 Å². The first kappa shape index (κ1) is 21.8. The smallest absolute Gasteiger partial charge is 0.251 e. The first-order valence-corrected chi connectivity index (χ1v) is 12.7. The summed E-state index contributed by atoms with van der Waals surface area (Å²) in [6.07, 6.45) is 3.98. The molecule has 5 rings (SSSR count). The minimum atomic E-state index is -0.0423. The van der Waals surface area contributed by atoms with E-state index < -0.39 is 0 Å². The van der Waals surface area contributed by atoms with Crippen LogP contribution in [0, 0.1) is 0 Å². The number of hydrogen-bond donors (Lipinski definition) is 1. The van der Waals surface area contributed by atoms with Crippen LogP contribution >= 0.6 is 11.8 Å². The monoisotopic (exact) mass is 456 g/mol. The van der Waals surface area contributed by atoms with Crippen LogP contribution < -0.4 is 5.32 Å². The number of amides is 2. The molecule has 168 valence electrons. The Labute approximate surface area is 199 Å². The molecule has 2 atom stereocenters. The summed E-state index contributed by atoms with van der Waals surface area (Å²) in [4.78, 5) is 27.4. The molecule has 1 saturated heterocycles. The number of fused-ring (bicyclic) bond motifs is 1. The molecule has 0 saturated carbocycles. The molecule has 0 aromatic heterocycles. The highest BCUT2D eigenvalue weighted by Crippen LogP contribution is 2.38. The zero-order chi connectivity index (χ0) is 22.6. The molecular formula is C28H28N2O2S. The summed E-state index contributed by atoms with van der Waals surface area (Å²) in [5.41, 5.74) is 5.54. The summed E-state index contributed by atoms with van der Waals surface area (Å²) in [6.45, 7) is 0.698. The van der Waals surface area contributed by atoms with Gasteiger partial charge in [-0.2, -0.15) is 0 Å². The largest absolute Gasteiger partial charge is 0.345 e. The van der Waals surface area contributed by atoms with Gasteiger partial charge in [-0.05, 0) is 60.1 Å². The van der Waals surface area contributed by atoms with Crippen LogP contribution in [0.4, 0.5) is 0 Å². The van der Waals surface area contributed by atoms with Crippen molar-refractivity contribution in [2.75, 3.05) is 12.3 Å². The average molecular weight is 457 g/mol. The summed E-state index contributed by atoms with van der Waals surface area (Å²) in [5, 5.41) is 3.23. The topological polar surface area (TPSA) is 49.4 Å². The van der Waals surface area contributed by atoms with E-state index in [4.69, 9.17) is 0 Å². The maximum absolute atomic E-state index is 13.0. The highest BCUT2D eigenvalue weighted by Gasteiger charge is 2.32. The Morgan fingerprint density at radius 2 is 1.73 bits per heavy atom. The van der Waals surface area contributed by atoms with E-state index in [1.165, 1.54) is 16.7 Å². The van der Waals surface area contributed by atoms with Gasteiger partial charge in [-0.25, -0.2) is 0 Å². The Hall–Kier alpha value is -3.05. The van der Waals surface area contributed by atoms with E-state index in [2.05, 4.69) is 35.6 Å². The third-order valence-corrected chi connectivity index (χ3v) is 7.84. The summed E-state index contributed by atoms with van der Waals surface area (Å²) >= 11 is 1.66. The number of nitrogens with one attached hydrogen (secondary N) is 1. The first-order valence-electron chi connectivity index (χ1n) is 11.6. The molecule has 1 aliphatic heterocycles. The molecule has 1 N–H and O–H groups in total. The average Bonchev–Trinajstić information content (AvgIpc) is 3.24. The number of carbonyl (C=O) groups excluding carboxylic acids is 2. The summed E-state index contributed by atoms with van der Waals surface area (Å²) in [5.74, 6) is 0.640. The SMILES string of the molecule is O=C(N[C@@H]1CCCc2ccccc21)c1ccc([C@H]2SCC(=O)N2CCc2ccccc2)cc1. The second kappa shape index (κ2) is 9.84. The van der Waals surface area contributed by atoms with E-state index in [9.17, 15) is 9.59 Å². The van der Waals surface area contributed by atoms with Gasteiger partial charge in [0, 0.05) is 12.1 Å². The van der Waals surface area contributed by atoms with Crippen molar-refractivity contribution in [3.8, 4) is 0 Å². The number of benzene rings is 3. The maximum Gasteiger partial charge on any atom is 0.251 e. The minimum Gasteiger partial charge on any atom is -0.345 e. The van der Waals surface area contributed by atoms with E-state index in [-0.39, 0.29) is 23.2 Å². The zero-order valence-electron chi connectivity index (χ0n) is 18.6. The Bertz CT molecular complexity index is 1130. The van der Waals surface area contributed by atoms with Gasteiger partial charge in [0.2, 0.25) is 5.91 Å². The van der Waals surface area contributed by atoms with Crippen molar-refractivity contribution < 1.29 is 9.59 Å². The Balaban J connectivity index is 1.25. The standard InChI is InChI=1S/C28H28N2O2S/c31-26-19-33-28(30(26)18-17-20-7-2-1-3-8-20)23-15-13-22(14-16-23)27(32)29-25-12-6-10-21-9-4-5-11-24(21)25/h1-5,7-9,11,13-16,25,28H,6,10,12,17-19H2,(H,29,32)/t25-,28-/m1/s1. The lowest BCUT2D eigenvalue weighted by atomic mass is 9.87. The van der Waals surface area contributed by atoms with Gasteiger partial charge in [-0.1, -0.05) is 66.7 Å². The van der Waals surface area contributed by atoms with Crippen molar-refractivity contribution in [1.82, 2.24) is 10.2 Å². The van der Waals surface area contributed by atoms with Crippen molar-refractivity contribution in [2.24, 2.45) is 0 Å². The molecular weight excluding hydrogens is 428 g/mol. The van der Waals surface area contributed by atoms with Crippen LogP contribution in [0.3, 0.4) is 0 Å². The second-order valence-electron chi connectivity index (χ2n) is 8.73. The Morgan fingerprint density at radius 1 is 0.970 bits per heavy atom. The number of thioether (sulfide) groups is 1. The number of aryl methyl sites for hydroxylation is 1. The zero-order valence-corrected chi connectivity index (χ0v) is 19.4. The Morgan fingerprint density at radius 3 is 2.55 bits per heavy atom. The molecule has 1 heterocycles. The summed E-state index contributed by atoms with van der Waals surface area (Å²) < 4.78 is 0. The predicted molar refractivity (Wildman–Crippen MR) is 133 cm³/mol. The molecule has 2 amide bonds. The van der Waals surface area contributed by atoms with E-state index in [1.54, 1.807) is 11.8 Å². The molecule has 1 aliphatic carbocycles. The lowest BCUT2D eigenvalue weighted by Gasteiger charge is -2.26. The highest BCUT2D eigenvalue weighted by molar-refractivity contribution is 8.00. The summed E-state index contributed by atoms with van der Waals surface area (Å²) in [7, 11) is 0. The van der Waals surface area contributed by atoms with Crippen molar-refractivity contribution in [1.29, 1.82) is 0 Å². The fraction of sp³-hybridized carbons (Fsp3) is 0.286. The molecule has 1 fully saturated rings. The van der Waals surface area contributed by atoms with Crippen LogP contribution in [-0.2, 0) is 17.6 Å². The molecule has 3 aromatic rings. The van der Waals surface area contributed by atoms with Crippen molar-refractivity contribution in [3.63, 3.8) is 0 Å². The normalized spacial score (nSPS) is 19.9. The van der Waals surface area contributed by atoms with E-state index in [0.717, 1.165) is 31.2 Å². The van der Waals surface area contributed by atoms with Crippen molar-refractivity contribution >= 4 is 23.6 Å². The molecule has 0 unspecified atom stereocenters.